The molecule has 1 heterocycles. The third-order valence-corrected chi connectivity index (χ3v) is 3.67. The Balaban J connectivity index is 1.96. The Morgan fingerprint density at radius 2 is 2.06 bits per heavy atom. The molecule has 1 aliphatic carbocycles. The van der Waals surface area contributed by atoms with E-state index < -0.39 is 0 Å². The van der Waals surface area contributed by atoms with Crippen molar-refractivity contribution < 1.29 is 0 Å². The lowest BCUT2D eigenvalue weighted by Gasteiger charge is -2.24. The predicted octanol–water partition coefficient (Wildman–Crippen LogP) is 2.65. The monoisotopic (exact) mass is 218 g/mol. The van der Waals surface area contributed by atoms with E-state index in [1.807, 2.05) is 12.4 Å². The number of rotatable bonds is 6. The summed E-state index contributed by atoms with van der Waals surface area (Å²) in [6, 6.07) is 4.88. The largest absolute Gasteiger partial charge is 0.314 e. The summed E-state index contributed by atoms with van der Waals surface area (Å²) in [6.07, 6.45) is 7.77. The Morgan fingerprint density at radius 3 is 2.62 bits per heavy atom. The number of likely N-dealkylation sites (N-methyl/N-ethyl adjacent to an activating group) is 1. The van der Waals surface area contributed by atoms with E-state index in [1.54, 1.807) is 0 Å². The van der Waals surface area contributed by atoms with Crippen molar-refractivity contribution >= 4 is 0 Å². The number of nitrogens with zero attached hydrogens (tertiary/aromatic N) is 1. The molecule has 2 nitrogen and oxygen atoms in total. The van der Waals surface area contributed by atoms with Crippen LogP contribution in [0.15, 0.2) is 24.5 Å². The second-order valence-corrected chi connectivity index (χ2v) is 4.92. The number of pyridine rings is 1. The van der Waals surface area contributed by atoms with E-state index in [0.717, 1.165) is 24.8 Å². The smallest absolute Gasteiger partial charge is 0.0270 e. The molecule has 0 saturated heterocycles. The van der Waals surface area contributed by atoms with E-state index in [4.69, 9.17) is 0 Å². The molecule has 1 aromatic heterocycles. The third kappa shape index (κ3) is 3.05. The molecule has 2 rings (SSSR count). The van der Waals surface area contributed by atoms with Crippen LogP contribution in [0.1, 0.15) is 32.3 Å². The quantitative estimate of drug-likeness (QED) is 0.794. The minimum absolute atomic E-state index is 0.625. The standard InChI is InChI=1S/C14H22N2/c1-3-16-14(11(2)13-4-5-13)10-12-6-8-15-9-7-12/h6-9,11,13-14,16H,3-5,10H2,1-2H3. The Labute approximate surface area is 98.5 Å². The number of hydrogen-bond acceptors (Lipinski definition) is 2. The SMILES string of the molecule is CCNC(Cc1ccncc1)C(C)C1CC1. The summed E-state index contributed by atoms with van der Waals surface area (Å²) in [5, 5.41) is 3.63. The van der Waals surface area contributed by atoms with Gasteiger partial charge < -0.3 is 5.32 Å². The Bertz CT molecular complexity index is 306. The summed E-state index contributed by atoms with van der Waals surface area (Å²) in [4.78, 5) is 4.07. The molecule has 88 valence electrons. The van der Waals surface area contributed by atoms with E-state index in [1.165, 1.54) is 18.4 Å². The number of nitrogens with one attached hydrogen (secondary N) is 1. The number of aromatic nitrogens is 1. The highest BCUT2D eigenvalue weighted by atomic mass is 14.9. The fourth-order valence-corrected chi connectivity index (χ4v) is 2.43. The average Bonchev–Trinajstić information content (AvgIpc) is 3.13. The molecule has 0 bridgehead atoms. The van der Waals surface area contributed by atoms with Gasteiger partial charge in [-0.15, -0.1) is 0 Å². The minimum atomic E-state index is 0.625. The molecular weight excluding hydrogens is 196 g/mol. The van der Waals surface area contributed by atoms with E-state index in [0.29, 0.717) is 6.04 Å². The molecule has 2 unspecified atom stereocenters. The molecule has 2 atom stereocenters. The van der Waals surface area contributed by atoms with Crippen LogP contribution in [0.2, 0.25) is 0 Å². The molecule has 0 amide bonds. The van der Waals surface area contributed by atoms with Gasteiger partial charge in [0.15, 0.2) is 0 Å². The van der Waals surface area contributed by atoms with Gasteiger partial charge in [-0.1, -0.05) is 13.8 Å². The number of hydrogen-bond donors (Lipinski definition) is 1. The van der Waals surface area contributed by atoms with Crippen molar-refractivity contribution in [1.82, 2.24) is 10.3 Å². The Kier molecular flexibility index (Phi) is 3.94. The zero-order chi connectivity index (χ0) is 11.4. The van der Waals surface area contributed by atoms with Crippen LogP contribution >= 0.6 is 0 Å². The van der Waals surface area contributed by atoms with E-state index >= 15 is 0 Å². The molecule has 0 radical (unpaired) electrons. The molecule has 16 heavy (non-hydrogen) atoms. The first-order chi connectivity index (χ1) is 7.81. The fourth-order valence-electron chi connectivity index (χ4n) is 2.43. The molecule has 1 fully saturated rings. The Morgan fingerprint density at radius 1 is 1.38 bits per heavy atom. The first kappa shape index (κ1) is 11.6. The van der Waals surface area contributed by atoms with Crippen molar-refractivity contribution in [1.29, 1.82) is 0 Å². The van der Waals surface area contributed by atoms with Crippen LogP contribution in [0.3, 0.4) is 0 Å². The maximum absolute atomic E-state index is 4.07. The van der Waals surface area contributed by atoms with Crippen LogP contribution in [0, 0.1) is 11.8 Å². The summed E-state index contributed by atoms with van der Waals surface area (Å²) in [5.74, 6) is 1.76. The first-order valence-corrected chi connectivity index (χ1v) is 6.43. The molecule has 1 aliphatic rings. The van der Waals surface area contributed by atoms with Crippen LogP contribution in [-0.2, 0) is 6.42 Å². The summed E-state index contributed by atoms with van der Waals surface area (Å²) in [6.45, 7) is 5.65. The van der Waals surface area contributed by atoms with Crippen molar-refractivity contribution in [3.8, 4) is 0 Å². The van der Waals surface area contributed by atoms with Crippen molar-refractivity contribution in [2.24, 2.45) is 11.8 Å². The second kappa shape index (κ2) is 5.44. The summed E-state index contributed by atoms with van der Waals surface area (Å²) >= 11 is 0. The lowest BCUT2D eigenvalue weighted by Crippen LogP contribution is -2.37. The van der Waals surface area contributed by atoms with Crippen LogP contribution in [0.4, 0.5) is 0 Å². The first-order valence-electron chi connectivity index (χ1n) is 6.43. The van der Waals surface area contributed by atoms with Gasteiger partial charge in [-0.05, 0) is 55.3 Å². The Hall–Kier alpha value is -0.890. The van der Waals surface area contributed by atoms with Gasteiger partial charge >= 0.3 is 0 Å². The van der Waals surface area contributed by atoms with Gasteiger partial charge in [0.2, 0.25) is 0 Å². The highest BCUT2D eigenvalue weighted by Crippen LogP contribution is 2.38. The molecule has 0 aromatic carbocycles. The second-order valence-electron chi connectivity index (χ2n) is 4.92. The molecule has 1 aromatic rings. The van der Waals surface area contributed by atoms with Gasteiger partial charge in [-0.3, -0.25) is 4.98 Å². The van der Waals surface area contributed by atoms with Gasteiger partial charge in [-0.25, -0.2) is 0 Å². The van der Waals surface area contributed by atoms with Gasteiger partial charge in [-0.2, -0.15) is 0 Å². The predicted molar refractivity (Wildman–Crippen MR) is 67.3 cm³/mol. The van der Waals surface area contributed by atoms with Crippen molar-refractivity contribution in [3.05, 3.63) is 30.1 Å². The van der Waals surface area contributed by atoms with Crippen molar-refractivity contribution in [2.75, 3.05) is 6.54 Å². The summed E-state index contributed by atoms with van der Waals surface area (Å²) in [7, 11) is 0. The van der Waals surface area contributed by atoms with E-state index in [9.17, 15) is 0 Å². The molecule has 1 saturated carbocycles. The van der Waals surface area contributed by atoms with Crippen molar-refractivity contribution in [3.63, 3.8) is 0 Å². The zero-order valence-corrected chi connectivity index (χ0v) is 10.3. The average molecular weight is 218 g/mol. The van der Waals surface area contributed by atoms with Crippen LogP contribution < -0.4 is 5.32 Å². The summed E-state index contributed by atoms with van der Waals surface area (Å²) in [5.41, 5.74) is 1.40. The van der Waals surface area contributed by atoms with Gasteiger partial charge in [0.25, 0.3) is 0 Å². The normalized spacial score (nSPS) is 19.4. The van der Waals surface area contributed by atoms with E-state index in [2.05, 4.69) is 36.3 Å². The lowest BCUT2D eigenvalue weighted by atomic mass is 9.91. The highest BCUT2D eigenvalue weighted by Gasteiger charge is 2.32. The maximum atomic E-state index is 4.07. The van der Waals surface area contributed by atoms with Crippen LogP contribution in [0.5, 0.6) is 0 Å². The maximum Gasteiger partial charge on any atom is 0.0270 e. The van der Waals surface area contributed by atoms with Gasteiger partial charge in [0.1, 0.15) is 0 Å². The van der Waals surface area contributed by atoms with Gasteiger partial charge in [0, 0.05) is 18.4 Å². The molecule has 0 spiro atoms. The lowest BCUT2D eigenvalue weighted by molar-refractivity contribution is 0.344. The third-order valence-electron chi connectivity index (χ3n) is 3.67. The fraction of sp³-hybridized carbons (Fsp3) is 0.643. The highest BCUT2D eigenvalue weighted by molar-refractivity contribution is 5.12. The van der Waals surface area contributed by atoms with Crippen molar-refractivity contribution in [2.45, 2.75) is 39.2 Å². The van der Waals surface area contributed by atoms with Gasteiger partial charge in [0.05, 0.1) is 0 Å². The molecule has 2 heteroatoms. The zero-order valence-electron chi connectivity index (χ0n) is 10.3. The minimum Gasteiger partial charge on any atom is -0.314 e. The molecular formula is C14H22N2. The summed E-state index contributed by atoms with van der Waals surface area (Å²) < 4.78 is 0. The molecule has 0 aliphatic heterocycles. The topological polar surface area (TPSA) is 24.9 Å². The van der Waals surface area contributed by atoms with Crippen LogP contribution in [0.25, 0.3) is 0 Å². The van der Waals surface area contributed by atoms with Crippen LogP contribution in [-0.4, -0.2) is 17.6 Å². The van der Waals surface area contributed by atoms with E-state index in [-0.39, 0.29) is 0 Å². The molecule has 1 N–H and O–H groups in total.